The molecule has 2 aromatic carbocycles. The Bertz CT molecular complexity index is 1040. The molecule has 1 aliphatic heterocycles. The highest BCUT2D eigenvalue weighted by Crippen LogP contribution is 2.49. The van der Waals surface area contributed by atoms with E-state index in [2.05, 4.69) is 11.8 Å². The van der Waals surface area contributed by atoms with Crippen molar-refractivity contribution in [3.05, 3.63) is 70.3 Å². The van der Waals surface area contributed by atoms with Crippen LogP contribution in [0.15, 0.2) is 36.4 Å². The van der Waals surface area contributed by atoms with E-state index in [1.165, 1.54) is 34.2 Å². The molecule has 0 radical (unpaired) electrons. The van der Waals surface area contributed by atoms with Crippen LogP contribution in [0.25, 0.3) is 0 Å². The quantitative estimate of drug-likeness (QED) is 0.717. The van der Waals surface area contributed by atoms with Crippen LogP contribution in [-0.2, 0) is 21.5 Å². The average Bonchev–Trinajstić information content (AvgIpc) is 3.46. The van der Waals surface area contributed by atoms with Crippen molar-refractivity contribution in [3.63, 3.8) is 0 Å². The van der Waals surface area contributed by atoms with Crippen LogP contribution in [-0.4, -0.2) is 30.1 Å². The van der Waals surface area contributed by atoms with Gasteiger partial charge in [0.1, 0.15) is 18.2 Å². The summed E-state index contributed by atoms with van der Waals surface area (Å²) in [5.74, 6) is 2.36. The lowest BCUT2D eigenvalue weighted by molar-refractivity contribution is -0.918. The first-order chi connectivity index (χ1) is 14.7. The van der Waals surface area contributed by atoms with Gasteiger partial charge < -0.3 is 19.9 Å². The van der Waals surface area contributed by atoms with Gasteiger partial charge in [-0.05, 0) is 49.6 Å². The summed E-state index contributed by atoms with van der Waals surface area (Å²) in [7, 11) is 0. The summed E-state index contributed by atoms with van der Waals surface area (Å²) in [6.45, 7) is 3.34. The molecule has 31 heavy (non-hydrogen) atoms. The van der Waals surface area contributed by atoms with E-state index in [-0.39, 0.29) is 17.4 Å². The monoisotopic (exact) mass is 427 g/mol. The van der Waals surface area contributed by atoms with Gasteiger partial charge in [-0.3, -0.25) is 4.79 Å². The summed E-state index contributed by atoms with van der Waals surface area (Å²) < 4.78 is 27.5. The van der Waals surface area contributed by atoms with Gasteiger partial charge in [-0.15, -0.1) is 0 Å². The van der Waals surface area contributed by atoms with E-state index in [9.17, 15) is 13.6 Å². The molecular formula is C24H23F2NO4. The van der Waals surface area contributed by atoms with E-state index < -0.39 is 23.6 Å². The molecule has 1 saturated carbocycles. The van der Waals surface area contributed by atoms with Gasteiger partial charge in [-0.1, -0.05) is 24.0 Å². The lowest BCUT2D eigenvalue weighted by Gasteiger charge is -2.32. The molecular weight excluding hydrogens is 404 g/mol. The zero-order chi connectivity index (χ0) is 22.6. The van der Waals surface area contributed by atoms with Crippen molar-refractivity contribution >= 4 is 11.9 Å². The Labute approximate surface area is 179 Å². The number of carboxylic acid groups (broad SMARTS) is 2. The van der Waals surface area contributed by atoms with Crippen LogP contribution < -0.4 is 10.0 Å². The molecule has 1 heterocycles. The normalized spacial score (nSPS) is 17.5. The Morgan fingerprint density at radius 3 is 2.39 bits per heavy atom. The molecule has 1 atom stereocenters. The van der Waals surface area contributed by atoms with Crippen LogP contribution in [0.3, 0.4) is 0 Å². The van der Waals surface area contributed by atoms with Gasteiger partial charge in [0.15, 0.2) is 0 Å². The van der Waals surface area contributed by atoms with Crippen molar-refractivity contribution in [1.29, 1.82) is 0 Å². The molecule has 162 valence electrons. The third-order valence-electron chi connectivity index (χ3n) is 5.55. The highest BCUT2D eigenvalue weighted by Gasteiger charge is 2.51. The van der Waals surface area contributed by atoms with Gasteiger partial charge in [0.25, 0.3) is 0 Å². The maximum atomic E-state index is 13.7. The van der Waals surface area contributed by atoms with E-state index in [1.807, 2.05) is 18.2 Å². The second-order valence-corrected chi connectivity index (χ2v) is 7.99. The molecule has 4 rings (SSSR count). The van der Waals surface area contributed by atoms with Gasteiger partial charge in [0.2, 0.25) is 0 Å². The molecule has 5 nitrogen and oxygen atoms in total. The standard InChI is InChI=1S/C22H19F2NO2.C2H4O2/c23-19-2-1-3-20(24)17(19)7-5-15-4-6-16-13-25(11-8-21(26)27)14-22(9-10-22)18(16)12-15;1-2(3)4/h1-4,6,12H,8-11,13-14H2,(H,26,27);1H3,(H,3,4). The fraction of sp³-hybridized carbons (Fsp3) is 0.333. The SMILES string of the molecule is CC(=O)[O-].O=C(O)CC[NH+]1Cc2ccc(C#Cc3c(F)cccc3F)cc2C2(CC2)C1. The van der Waals surface area contributed by atoms with Gasteiger partial charge in [-0.2, -0.15) is 0 Å². The summed E-state index contributed by atoms with van der Waals surface area (Å²) in [4.78, 5) is 21.1. The Hall–Kier alpha value is -3.24. The summed E-state index contributed by atoms with van der Waals surface area (Å²) in [6, 6.07) is 9.67. The molecule has 7 heteroatoms. The van der Waals surface area contributed by atoms with Gasteiger partial charge in [0.05, 0.1) is 25.1 Å². The molecule has 2 aromatic rings. The number of rotatable bonds is 3. The van der Waals surface area contributed by atoms with Gasteiger partial charge in [0, 0.05) is 22.5 Å². The lowest BCUT2D eigenvalue weighted by Crippen LogP contribution is -3.12. The molecule has 0 amide bonds. The Balaban J connectivity index is 0.000000628. The molecule has 1 aliphatic carbocycles. The number of halogens is 2. The fourth-order valence-corrected chi connectivity index (χ4v) is 4.02. The highest BCUT2D eigenvalue weighted by atomic mass is 19.1. The van der Waals surface area contributed by atoms with Gasteiger partial charge >= 0.3 is 5.97 Å². The minimum absolute atomic E-state index is 0.113. The summed E-state index contributed by atoms with van der Waals surface area (Å²) in [5, 5.41) is 17.8. The van der Waals surface area contributed by atoms with Crippen LogP contribution >= 0.6 is 0 Å². The predicted molar refractivity (Wildman–Crippen MR) is 107 cm³/mol. The first kappa shape index (κ1) is 22.4. The summed E-state index contributed by atoms with van der Waals surface area (Å²) >= 11 is 0. The topological polar surface area (TPSA) is 81.9 Å². The summed E-state index contributed by atoms with van der Waals surface area (Å²) in [6.07, 6.45) is 2.36. The number of carbonyl (C=O) groups is 2. The number of aliphatic carboxylic acids is 2. The second-order valence-electron chi connectivity index (χ2n) is 7.99. The van der Waals surface area contributed by atoms with Crippen molar-refractivity contribution in [2.75, 3.05) is 13.1 Å². The van der Waals surface area contributed by atoms with E-state index >= 15 is 0 Å². The van der Waals surface area contributed by atoms with Crippen LogP contribution in [0.4, 0.5) is 8.78 Å². The van der Waals surface area contributed by atoms with E-state index in [0.29, 0.717) is 6.54 Å². The highest BCUT2D eigenvalue weighted by molar-refractivity contribution is 5.66. The van der Waals surface area contributed by atoms with Crippen molar-refractivity contribution in [2.24, 2.45) is 0 Å². The number of hydrogen-bond acceptors (Lipinski definition) is 3. The number of carbonyl (C=O) groups excluding carboxylic acids is 1. The Morgan fingerprint density at radius 1 is 1.16 bits per heavy atom. The fourth-order valence-electron chi connectivity index (χ4n) is 4.02. The van der Waals surface area contributed by atoms with Gasteiger partial charge in [-0.25, -0.2) is 8.78 Å². The van der Waals surface area contributed by atoms with E-state index in [1.54, 1.807) is 0 Å². The zero-order valence-corrected chi connectivity index (χ0v) is 17.1. The van der Waals surface area contributed by atoms with Crippen molar-refractivity contribution in [1.82, 2.24) is 0 Å². The molecule has 2 aliphatic rings. The van der Waals surface area contributed by atoms with Crippen molar-refractivity contribution in [3.8, 4) is 11.8 Å². The molecule has 0 bridgehead atoms. The van der Waals surface area contributed by atoms with E-state index in [0.717, 1.165) is 38.4 Å². The largest absolute Gasteiger partial charge is 0.550 e. The zero-order valence-electron chi connectivity index (χ0n) is 17.1. The lowest BCUT2D eigenvalue weighted by atomic mass is 9.85. The molecule has 1 unspecified atom stereocenters. The number of benzene rings is 2. The first-order valence-electron chi connectivity index (χ1n) is 10.0. The summed E-state index contributed by atoms with van der Waals surface area (Å²) in [5.41, 5.74) is 3.14. The maximum Gasteiger partial charge on any atom is 0.309 e. The van der Waals surface area contributed by atoms with Crippen LogP contribution in [0.5, 0.6) is 0 Å². The second kappa shape index (κ2) is 9.27. The molecule has 2 N–H and O–H groups in total. The molecule has 1 spiro atoms. The Kier molecular flexibility index (Phi) is 6.71. The smallest absolute Gasteiger partial charge is 0.309 e. The van der Waals surface area contributed by atoms with E-state index in [4.69, 9.17) is 15.0 Å². The third-order valence-corrected chi connectivity index (χ3v) is 5.55. The predicted octanol–water partition coefficient (Wildman–Crippen LogP) is 1.03. The minimum Gasteiger partial charge on any atom is -0.550 e. The molecule has 0 aromatic heterocycles. The first-order valence-corrected chi connectivity index (χ1v) is 10.0. The van der Waals surface area contributed by atoms with Crippen LogP contribution in [0.2, 0.25) is 0 Å². The van der Waals surface area contributed by atoms with Crippen LogP contribution in [0.1, 0.15) is 48.4 Å². The van der Waals surface area contributed by atoms with Crippen molar-refractivity contribution < 1.29 is 33.5 Å². The number of quaternary nitrogens is 1. The third kappa shape index (κ3) is 5.68. The number of carboxylic acids is 2. The maximum absolute atomic E-state index is 13.7. The molecule has 1 fully saturated rings. The van der Waals surface area contributed by atoms with Crippen molar-refractivity contribution in [2.45, 2.75) is 38.1 Å². The Morgan fingerprint density at radius 2 is 1.81 bits per heavy atom. The number of nitrogens with one attached hydrogen (secondary N) is 1. The number of fused-ring (bicyclic) bond motifs is 2. The average molecular weight is 427 g/mol. The molecule has 0 saturated heterocycles. The minimum atomic E-state index is -1.08. The number of hydrogen-bond donors (Lipinski definition) is 2. The van der Waals surface area contributed by atoms with Crippen LogP contribution in [0, 0.1) is 23.5 Å².